The van der Waals surface area contributed by atoms with Gasteiger partial charge in [-0.25, -0.2) is 4.79 Å². The molecule has 0 amide bonds. The van der Waals surface area contributed by atoms with Crippen LogP contribution >= 0.6 is 0 Å². The summed E-state index contributed by atoms with van der Waals surface area (Å²) in [4.78, 5) is 17.2. The fourth-order valence-corrected chi connectivity index (χ4v) is 3.22. The van der Waals surface area contributed by atoms with Crippen molar-refractivity contribution in [2.24, 2.45) is 4.99 Å². The molecule has 1 saturated carbocycles. The van der Waals surface area contributed by atoms with E-state index in [2.05, 4.69) is 34.2 Å². The van der Waals surface area contributed by atoms with Crippen molar-refractivity contribution in [3.8, 4) is 0 Å². The second kappa shape index (κ2) is 5.28. The standard InChI is InChI=1S/C16H20N2O/c19-13-17-16(7-4-8-16)15-6-3-5-14(11-15)12-18-9-1-2-10-18/h3,5-6,11H,1-2,4,7-10,12H2. The van der Waals surface area contributed by atoms with E-state index in [-0.39, 0.29) is 5.54 Å². The Morgan fingerprint density at radius 2 is 2.00 bits per heavy atom. The topological polar surface area (TPSA) is 32.7 Å². The van der Waals surface area contributed by atoms with E-state index in [1.54, 1.807) is 6.08 Å². The van der Waals surface area contributed by atoms with Crippen LogP contribution < -0.4 is 0 Å². The number of aliphatic imine (C=N–C) groups is 1. The van der Waals surface area contributed by atoms with E-state index in [9.17, 15) is 4.79 Å². The first-order valence-electron chi connectivity index (χ1n) is 7.23. The summed E-state index contributed by atoms with van der Waals surface area (Å²) in [7, 11) is 0. The molecular formula is C16H20N2O. The quantitative estimate of drug-likeness (QED) is 0.613. The lowest BCUT2D eigenvalue weighted by molar-refractivity contribution is 0.255. The normalized spacial score (nSPS) is 21.7. The summed E-state index contributed by atoms with van der Waals surface area (Å²) in [5.41, 5.74) is 2.27. The van der Waals surface area contributed by atoms with Crippen molar-refractivity contribution in [1.82, 2.24) is 4.90 Å². The van der Waals surface area contributed by atoms with E-state index in [1.165, 1.54) is 37.1 Å². The van der Waals surface area contributed by atoms with Gasteiger partial charge >= 0.3 is 0 Å². The van der Waals surface area contributed by atoms with Gasteiger partial charge in [-0.2, -0.15) is 4.99 Å². The van der Waals surface area contributed by atoms with Crippen LogP contribution in [0.1, 0.15) is 43.2 Å². The number of carbonyl (C=O) groups excluding carboxylic acids is 1. The van der Waals surface area contributed by atoms with Crippen molar-refractivity contribution < 1.29 is 4.79 Å². The Kier molecular flexibility index (Phi) is 3.50. The average Bonchev–Trinajstić information content (AvgIpc) is 2.87. The fraction of sp³-hybridized carbons (Fsp3) is 0.562. The van der Waals surface area contributed by atoms with E-state index in [1.807, 2.05) is 0 Å². The lowest BCUT2D eigenvalue weighted by atomic mass is 9.72. The van der Waals surface area contributed by atoms with Gasteiger partial charge in [0.25, 0.3) is 0 Å². The first-order chi connectivity index (χ1) is 9.32. The number of benzene rings is 1. The molecule has 0 atom stereocenters. The third kappa shape index (κ3) is 2.49. The molecule has 0 N–H and O–H groups in total. The van der Waals surface area contributed by atoms with Gasteiger partial charge in [0.15, 0.2) is 0 Å². The molecule has 19 heavy (non-hydrogen) atoms. The molecule has 1 aliphatic carbocycles. The van der Waals surface area contributed by atoms with Gasteiger partial charge in [-0.1, -0.05) is 24.3 Å². The minimum atomic E-state index is -0.261. The van der Waals surface area contributed by atoms with Gasteiger partial charge < -0.3 is 0 Å². The first kappa shape index (κ1) is 12.6. The van der Waals surface area contributed by atoms with E-state index < -0.39 is 0 Å². The smallest absolute Gasteiger partial charge is 0.235 e. The van der Waals surface area contributed by atoms with Crippen LogP contribution in [-0.2, 0) is 16.9 Å². The zero-order valence-corrected chi connectivity index (χ0v) is 11.3. The molecule has 0 spiro atoms. The van der Waals surface area contributed by atoms with Crippen molar-refractivity contribution in [3.05, 3.63) is 35.4 Å². The van der Waals surface area contributed by atoms with Gasteiger partial charge in [-0.3, -0.25) is 4.90 Å². The fourth-order valence-electron chi connectivity index (χ4n) is 3.22. The number of likely N-dealkylation sites (tertiary alicyclic amines) is 1. The van der Waals surface area contributed by atoms with Crippen LogP contribution in [0.25, 0.3) is 0 Å². The summed E-state index contributed by atoms with van der Waals surface area (Å²) >= 11 is 0. The lowest BCUT2D eigenvalue weighted by Crippen LogP contribution is -2.32. The molecule has 0 aromatic heterocycles. The molecule has 1 aromatic carbocycles. The summed E-state index contributed by atoms with van der Waals surface area (Å²) in [6, 6.07) is 8.62. The molecule has 1 aromatic rings. The summed E-state index contributed by atoms with van der Waals surface area (Å²) in [6.45, 7) is 3.44. The average molecular weight is 256 g/mol. The maximum atomic E-state index is 10.7. The van der Waals surface area contributed by atoms with Gasteiger partial charge in [-0.05, 0) is 56.3 Å². The Labute approximate surface area is 114 Å². The van der Waals surface area contributed by atoms with Crippen molar-refractivity contribution in [1.29, 1.82) is 0 Å². The van der Waals surface area contributed by atoms with Gasteiger partial charge in [0.05, 0.1) is 5.54 Å². The van der Waals surface area contributed by atoms with Crippen molar-refractivity contribution in [2.75, 3.05) is 13.1 Å². The zero-order chi connectivity index (χ0) is 13.1. The van der Waals surface area contributed by atoms with Crippen LogP contribution in [0.3, 0.4) is 0 Å². The summed E-state index contributed by atoms with van der Waals surface area (Å²) in [5.74, 6) is 0. The number of rotatable bonds is 4. The van der Waals surface area contributed by atoms with Crippen LogP contribution in [-0.4, -0.2) is 24.1 Å². The summed E-state index contributed by atoms with van der Waals surface area (Å²) in [5, 5.41) is 0. The Balaban J connectivity index is 1.80. The lowest BCUT2D eigenvalue weighted by Gasteiger charge is -2.37. The SMILES string of the molecule is O=C=NC1(c2cccc(CN3CCCC3)c2)CCC1. The number of nitrogens with zero attached hydrogens (tertiary/aromatic N) is 2. The predicted octanol–water partition coefficient (Wildman–Crippen LogP) is 3.00. The molecule has 0 radical (unpaired) electrons. The van der Waals surface area contributed by atoms with Crippen molar-refractivity contribution >= 4 is 6.08 Å². The highest BCUT2D eigenvalue weighted by atomic mass is 16.1. The van der Waals surface area contributed by atoms with Gasteiger partial charge in [-0.15, -0.1) is 0 Å². The maximum Gasteiger partial charge on any atom is 0.235 e. The van der Waals surface area contributed by atoms with Crippen molar-refractivity contribution in [3.63, 3.8) is 0 Å². The molecule has 1 saturated heterocycles. The first-order valence-corrected chi connectivity index (χ1v) is 7.23. The van der Waals surface area contributed by atoms with Crippen molar-refractivity contribution in [2.45, 2.75) is 44.2 Å². The van der Waals surface area contributed by atoms with Crippen LogP contribution in [0.4, 0.5) is 0 Å². The maximum absolute atomic E-state index is 10.7. The van der Waals surface area contributed by atoms with E-state index in [0.29, 0.717) is 0 Å². The van der Waals surface area contributed by atoms with E-state index in [4.69, 9.17) is 0 Å². The van der Waals surface area contributed by atoms with E-state index in [0.717, 1.165) is 25.8 Å². The van der Waals surface area contributed by atoms with Crippen LogP contribution in [0.15, 0.2) is 29.3 Å². The highest BCUT2D eigenvalue weighted by Gasteiger charge is 2.38. The minimum Gasteiger partial charge on any atom is -0.299 e. The second-order valence-electron chi connectivity index (χ2n) is 5.77. The molecule has 3 heteroatoms. The summed E-state index contributed by atoms with van der Waals surface area (Å²) < 4.78 is 0. The molecule has 1 aliphatic heterocycles. The van der Waals surface area contributed by atoms with Gasteiger partial charge in [0.2, 0.25) is 6.08 Å². The van der Waals surface area contributed by atoms with Crippen LogP contribution in [0, 0.1) is 0 Å². The molecule has 2 aliphatic rings. The summed E-state index contributed by atoms with van der Waals surface area (Å²) in [6.07, 6.45) is 7.52. The third-order valence-corrected chi connectivity index (χ3v) is 4.51. The molecule has 2 fully saturated rings. The highest BCUT2D eigenvalue weighted by Crippen LogP contribution is 2.44. The molecule has 3 nitrogen and oxygen atoms in total. The Morgan fingerprint density at radius 3 is 2.63 bits per heavy atom. The molecular weight excluding hydrogens is 236 g/mol. The van der Waals surface area contributed by atoms with Crippen LogP contribution in [0.5, 0.6) is 0 Å². The minimum absolute atomic E-state index is 0.261. The molecule has 1 heterocycles. The third-order valence-electron chi connectivity index (χ3n) is 4.51. The Morgan fingerprint density at radius 1 is 1.21 bits per heavy atom. The van der Waals surface area contributed by atoms with Gasteiger partial charge in [0, 0.05) is 6.54 Å². The molecule has 0 unspecified atom stereocenters. The monoisotopic (exact) mass is 256 g/mol. The highest BCUT2D eigenvalue weighted by molar-refractivity contribution is 5.40. The largest absolute Gasteiger partial charge is 0.299 e. The molecule has 3 rings (SSSR count). The molecule has 100 valence electrons. The Bertz CT molecular complexity index is 495. The predicted molar refractivity (Wildman–Crippen MR) is 74.6 cm³/mol. The zero-order valence-electron chi connectivity index (χ0n) is 11.3. The molecule has 0 bridgehead atoms. The van der Waals surface area contributed by atoms with Crippen LogP contribution in [0.2, 0.25) is 0 Å². The van der Waals surface area contributed by atoms with Gasteiger partial charge in [0.1, 0.15) is 0 Å². The Hall–Kier alpha value is -1.44. The van der Waals surface area contributed by atoms with E-state index >= 15 is 0 Å². The number of hydrogen-bond acceptors (Lipinski definition) is 3. The number of hydrogen-bond donors (Lipinski definition) is 0. The number of isocyanates is 1. The second-order valence-corrected chi connectivity index (χ2v) is 5.77.